The van der Waals surface area contributed by atoms with Crippen molar-refractivity contribution in [3.05, 3.63) is 47.9 Å². The van der Waals surface area contributed by atoms with Gasteiger partial charge in [0.1, 0.15) is 23.9 Å². The summed E-state index contributed by atoms with van der Waals surface area (Å²) in [5.41, 5.74) is 0. The lowest BCUT2D eigenvalue weighted by Gasteiger charge is -2.06. The van der Waals surface area contributed by atoms with E-state index in [0.717, 1.165) is 0 Å². The minimum absolute atomic E-state index is 0.0397. The molecule has 2 N–H and O–H groups in total. The Balaban J connectivity index is 1.87. The number of aliphatic hydroxyl groups excluding tert-OH is 1. The van der Waals surface area contributed by atoms with Crippen molar-refractivity contribution < 1.29 is 23.8 Å². The van der Waals surface area contributed by atoms with Gasteiger partial charge in [-0.3, -0.25) is 4.79 Å². The van der Waals surface area contributed by atoms with Crippen LogP contribution in [0.2, 0.25) is 0 Å². The van der Waals surface area contributed by atoms with Crippen LogP contribution in [-0.4, -0.2) is 31.3 Å². The smallest absolute Gasteiger partial charge is 0.286 e. The molecule has 1 aromatic heterocycles. The molecule has 0 unspecified atom stereocenters. The largest absolute Gasteiger partial charge is 0.497 e. The first kappa shape index (κ1) is 15.9. The van der Waals surface area contributed by atoms with Crippen molar-refractivity contribution in [1.82, 2.24) is 5.32 Å². The van der Waals surface area contributed by atoms with Crippen LogP contribution in [-0.2, 0) is 6.61 Å². The molecule has 0 aliphatic carbocycles. The molecule has 0 fully saturated rings. The fourth-order valence-corrected chi connectivity index (χ4v) is 1.79. The number of nitrogens with one attached hydrogen (secondary N) is 1. The number of carbonyl (C=O) groups excluding carboxylic acids is 1. The maximum absolute atomic E-state index is 11.7. The zero-order valence-corrected chi connectivity index (χ0v) is 12.4. The SMILES string of the molecule is COc1cccc(OCc2ccc(C(=O)NCCCO)o2)c1. The Morgan fingerprint density at radius 3 is 2.86 bits per heavy atom. The highest BCUT2D eigenvalue weighted by Crippen LogP contribution is 2.20. The van der Waals surface area contributed by atoms with Gasteiger partial charge in [-0.25, -0.2) is 0 Å². The minimum Gasteiger partial charge on any atom is -0.497 e. The molecule has 6 nitrogen and oxygen atoms in total. The summed E-state index contributed by atoms with van der Waals surface area (Å²) >= 11 is 0. The van der Waals surface area contributed by atoms with Crippen molar-refractivity contribution in [2.75, 3.05) is 20.3 Å². The maximum Gasteiger partial charge on any atom is 0.286 e. The summed E-state index contributed by atoms with van der Waals surface area (Å²) < 4.78 is 16.1. The molecule has 0 saturated carbocycles. The Morgan fingerprint density at radius 2 is 2.09 bits per heavy atom. The summed E-state index contributed by atoms with van der Waals surface area (Å²) in [5, 5.41) is 11.3. The van der Waals surface area contributed by atoms with Gasteiger partial charge in [0.2, 0.25) is 0 Å². The van der Waals surface area contributed by atoms with Crippen LogP contribution in [0.3, 0.4) is 0 Å². The van der Waals surface area contributed by atoms with Crippen LogP contribution < -0.4 is 14.8 Å². The Morgan fingerprint density at radius 1 is 1.27 bits per heavy atom. The highest BCUT2D eigenvalue weighted by atomic mass is 16.5. The van der Waals surface area contributed by atoms with Crippen LogP contribution >= 0.6 is 0 Å². The molecule has 6 heteroatoms. The summed E-state index contributed by atoms with van der Waals surface area (Å²) in [7, 11) is 1.59. The van der Waals surface area contributed by atoms with Crippen molar-refractivity contribution in [1.29, 1.82) is 0 Å². The number of carbonyl (C=O) groups is 1. The van der Waals surface area contributed by atoms with E-state index < -0.39 is 0 Å². The molecule has 0 spiro atoms. The fraction of sp³-hybridized carbons (Fsp3) is 0.312. The molecule has 2 rings (SSSR count). The molecule has 0 bridgehead atoms. The average molecular weight is 305 g/mol. The Bertz CT molecular complexity index is 608. The van der Waals surface area contributed by atoms with E-state index in [1.165, 1.54) is 0 Å². The zero-order chi connectivity index (χ0) is 15.8. The normalized spacial score (nSPS) is 10.3. The molecule has 0 aliphatic rings. The molecule has 2 aromatic rings. The number of aliphatic hydroxyl groups is 1. The number of ether oxygens (including phenoxy) is 2. The van der Waals surface area contributed by atoms with Crippen LogP contribution in [0.1, 0.15) is 22.7 Å². The third-order valence-electron chi connectivity index (χ3n) is 2.93. The minimum atomic E-state index is -0.305. The molecule has 1 amide bonds. The van der Waals surface area contributed by atoms with Crippen LogP contribution in [0, 0.1) is 0 Å². The lowest BCUT2D eigenvalue weighted by Crippen LogP contribution is -2.24. The third kappa shape index (κ3) is 4.53. The predicted molar refractivity (Wildman–Crippen MR) is 80.1 cm³/mol. The molecule has 22 heavy (non-hydrogen) atoms. The quantitative estimate of drug-likeness (QED) is 0.729. The van der Waals surface area contributed by atoms with Gasteiger partial charge in [0.05, 0.1) is 7.11 Å². The number of hydrogen-bond acceptors (Lipinski definition) is 5. The average Bonchev–Trinajstić information content (AvgIpc) is 3.02. The lowest BCUT2D eigenvalue weighted by molar-refractivity contribution is 0.0919. The fourth-order valence-electron chi connectivity index (χ4n) is 1.79. The van der Waals surface area contributed by atoms with Gasteiger partial charge in [-0.2, -0.15) is 0 Å². The highest BCUT2D eigenvalue weighted by Gasteiger charge is 2.11. The monoisotopic (exact) mass is 305 g/mol. The van der Waals surface area contributed by atoms with E-state index >= 15 is 0 Å². The Hall–Kier alpha value is -2.47. The first-order chi connectivity index (χ1) is 10.7. The Kier molecular flexibility index (Phi) is 5.85. The van der Waals surface area contributed by atoms with E-state index in [0.29, 0.717) is 30.2 Å². The summed E-state index contributed by atoms with van der Waals surface area (Å²) in [6.07, 6.45) is 0.512. The van der Waals surface area contributed by atoms with Gasteiger partial charge < -0.3 is 24.3 Å². The summed E-state index contributed by atoms with van der Waals surface area (Å²) in [4.78, 5) is 11.7. The predicted octanol–water partition coefficient (Wildman–Crippen LogP) is 1.98. The van der Waals surface area contributed by atoms with Crippen LogP contribution in [0.5, 0.6) is 11.5 Å². The molecule has 0 radical (unpaired) electrons. The van der Waals surface area contributed by atoms with Gasteiger partial charge in [0, 0.05) is 19.2 Å². The summed E-state index contributed by atoms with van der Waals surface area (Å²) in [6.45, 7) is 0.667. The van der Waals surface area contributed by atoms with Gasteiger partial charge in [0.25, 0.3) is 5.91 Å². The highest BCUT2D eigenvalue weighted by molar-refractivity contribution is 5.91. The second-order valence-corrected chi connectivity index (χ2v) is 4.57. The van der Waals surface area contributed by atoms with Crippen molar-refractivity contribution in [2.24, 2.45) is 0 Å². The van der Waals surface area contributed by atoms with Crippen molar-refractivity contribution in [2.45, 2.75) is 13.0 Å². The molecule has 1 aromatic carbocycles. The van der Waals surface area contributed by atoms with E-state index in [2.05, 4.69) is 5.32 Å². The number of benzene rings is 1. The van der Waals surface area contributed by atoms with Crippen LogP contribution in [0.25, 0.3) is 0 Å². The standard InChI is InChI=1S/C16H19NO5/c1-20-12-4-2-5-13(10-12)21-11-14-6-7-15(22-14)16(19)17-8-3-9-18/h2,4-7,10,18H,3,8-9,11H2,1H3,(H,17,19). The maximum atomic E-state index is 11.7. The Labute approximate surface area is 128 Å². The molecule has 0 saturated heterocycles. The molecule has 118 valence electrons. The lowest BCUT2D eigenvalue weighted by atomic mass is 10.3. The number of furan rings is 1. The van der Waals surface area contributed by atoms with Crippen LogP contribution in [0.15, 0.2) is 40.8 Å². The third-order valence-corrected chi connectivity index (χ3v) is 2.93. The molecule has 0 aliphatic heterocycles. The topological polar surface area (TPSA) is 80.9 Å². The van der Waals surface area contributed by atoms with E-state index in [-0.39, 0.29) is 24.9 Å². The number of rotatable bonds is 8. The summed E-state index contributed by atoms with van der Waals surface area (Å²) in [6, 6.07) is 10.5. The number of methoxy groups -OCH3 is 1. The second kappa shape index (κ2) is 8.09. The van der Waals surface area contributed by atoms with Gasteiger partial charge in [-0.05, 0) is 30.7 Å². The van der Waals surface area contributed by atoms with E-state index in [1.807, 2.05) is 18.2 Å². The first-order valence-electron chi connectivity index (χ1n) is 6.97. The first-order valence-corrected chi connectivity index (χ1v) is 6.97. The molecule has 0 atom stereocenters. The van der Waals surface area contributed by atoms with E-state index in [4.69, 9.17) is 19.0 Å². The molecular formula is C16H19NO5. The van der Waals surface area contributed by atoms with Crippen LogP contribution in [0.4, 0.5) is 0 Å². The zero-order valence-electron chi connectivity index (χ0n) is 12.4. The van der Waals surface area contributed by atoms with Gasteiger partial charge in [-0.1, -0.05) is 6.07 Å². The van der Waals surface area contributed by atoms with E-state index in [9.17, 15) is 4.79 Å². The van der Waals surface area contributed by atoms with Crippen molar-refractivity contribution in [3.8, 4) is 11.5 Å². The number of amides is 1. The number of hydrogen-bond donors (Lipinski definition) is 2. The molecule has 1 heterocycles. The van der Waals surface area contributed by atoms with Gasteiger partial charge in [0.15, 0.2) is 5.76 Å². The van der Waals surface area contributed by atoms with Gasteiger partial charge >= 0.3 is 0 Å². The van der Waals surface area contributed by atoms with E-state index in [1.54, 1.807) is 25.3 Å². The van der Waals surface area contributed by atoms with Crippen molar-refractivity contribution >= 4 is 5.91 Å². The van der Waals surface area contributed by atoms with Crippen molar-refractivity contribution in [3.63, 3.8) is 0 Å². The van der Waals surface area contributed by atoms with Gasteiger partial charge in [-0.15, -0.1) is 0 Å². The molecular weight excluding hydrogens is 286 g/mol. The summed E-state index contributed by atoms with van der Waals surface area (Å²) in [5.74, 6) is 1.84. The second-order valence-electron chi connectivity index (χ2n) is 4.57.